The number of rotatable bonds is 2. The average Bonchev–Trinajstić information content (AvgIpc) is 2.80. The lowest BCUT2D eigenvalue weighted by molar-refractivity contribution is -0.137. The zero-order valence-corrected chi connectivity index (χ0v) is 11.0. The molecule has 1 nitrogen and oxygen atoms in total. The Bertz CT molecular complexity index is 482. The fraction of sp³-hybridized carbons (Fsp3) is 0.538. The van der Waals surface area contributed by atoms with Gasteiger partial charge in [0, 0.05) is 17.0 Å². The van der Waals surface area contributed by atoms with E-state index in [1.54, 1.807) is 6.07 Å². The molecule has 1 aliphatic carbocycles. The Morgan fingerprint density at radius 2 is 1.83 bits per heavy atom. The molecule has 0 aromatic heterocycles. The standard InChI is InChI=1S/C13H15ClF3N/c1-11(2)6-12(11,7-18)8-3-9(13(15,16)17)5-10(14)4-8/h3-5H,6-7,18H2,1-2H3. The second-order valence-electron chi connectivity index (χ2n) is 5.57. The largest absolute Gasteiger partial charge is 0.416 e. The number of halogens is 4. The molecule has 0 radical (unpaired) electrons. The van der Waals surface area contributed by atoms with Gasteiger partial charge in [-0.2, -0.15) is 13.2 Å². The molecule has 5 heteroatoms. The zero-order chi connectivity index (χ0) is 13.8. The Hall–Kier alpha value is -0.740. The van der Waals surface area contributed by atoms with E-state index in [0.717, 1.165) is 12.5 Å². The van der Waals surface area contributed by atoms with Crippen LogP contribution in [0.25, 0.3) is 0 Å². The lowest BCUT2D eigenvalue weighted by Crippen LogP contribution is -2.25. The van der Waals surface area contributed by atoms with Gasteiger partial charge in [0.1, 0.15) is 0 Å². The maximum absolute atomic E-state index is 12.8. The SMILES string of the molecule is CC1(C)CC1(CN)c1cc(Cl)cc(C(F)(F)F)c1. The molecule has 2 rings (SSSR count). The van der Waals surface area contributed by atoms with E-state index < -0.39 is 11.7 Å². The van der Waals surface area contributed by atoms with Crippen molar-refractivity contribution in [3.8, 4) is 0 Å². The summed E-state index contributed by atoms with van der Waals surface area (Å²) in [5, 5.41) is 0.107. The first-order valence-corrected chi connectivity index (χ1v) is 6.08. The maximum atomic E-state index is 12.8. The molecule has 1 aromatic carbocycles. The smallest absolute Gasteiger partial charge is 0.330 e. The summed E-state index contributed by atoms with van der Waals surface area (Å²) in [6.07, 6.45) is -3.59. The lowest BCUT2D eigenvalue weighted by Gasteiger charge is -2.21. The fourth-order valence-electron chi connectivity index (χ4n) is 2.70. The molecule has 0 bridgehead atoms. The van der Waals surface area contributed by atoms with E-state index in [4.69, 9.17) is 17.3 Å². The van der Waals surface area contributed by atoms with Crippen molar-refractivity contribution in [1.29, 1.82) is 0 Å². The second kappa shape index (κ2) is 3.87. The molecule has 0 amide bonds. The van der Waals surface area contributed by atoms with Crippen molar-refractivity contribution < 1.29 is 13.2 Å². The minimum absolute atomic E-state index is 0.0741. The summed E-state index contributed by atoms with van der Waals surface area (Å²) in [6.45, 7) is 4.35. The molecular weight excluding hydrogens is 263 g/mol. The number of benzene rings is 1. The highest BCUT2D eigenvalue weighted by Gasteiger charge is 2.61. The zero-order valence-electron chi connectivity index (χ0n) is 10.2. The third-order valence-electron chi connectivity index (χ3n) is 4.04. The first-order chi connectivity index (χ1) is 8.12. The van der Waals surface area contributed by atoms with Crippen molar-refractivity contribution in [2.24, 2.45) is 11.1 Å². The van der Waals surface area contributed by atoms with Crippen LogP contribution in [0.15, 0.2) is 18.2 Å². The van der Waals surface area contributed by atoms with Crippen LogP contribution in [0.1, 0.15) is 31.4 Å². The van der Waals surface area contributed by atoms with Crippen LogP contribution in [0, 0.1) is 5.41 Å². The highest BCUT2D eigenvalue weighted by Crippen LogP contribution is 2.64. The molecule has 2 N–H and O–H groups in total. The van der Waals surface area contributed by atoms with E-state index in [1.165, 1.54) is 6.07 Å². The van der Waals surface area contributed by atoms with Gasteiger partial charge in [0.25, 0.3) is 0 Å². The van der Waals surface area contributed by atoms with Gasteiger partial charge in [0.05, 0.1) is 5.56 Å². The monoisotopic (exact) mass is 277 g/mol. The molecule has 1 fully saturated rings. The van der Waals surface area contributed by atoms with Crippen molar-refractivity contribution in [3.63, 3.8) is 0 Å². The van der Waals surface area contributed by atoms with Gasteiger partial charge in [0.2, 0.25) is 0 Å². The Balaban J connectivity index is 2.51. The lowest BCUT2D eigenvalue weighted by atomic mass is 9.87. The van der Waals surface area contributed by atoms with Crippen LogP contribution >= 0.6 is 11.6 Å². The predicted octanol–water partition coefficient (Wildman–Crippen LogP) is 3.99. The van der Waals surface area contributed by atoms with Gasteiger partial charge in [-0.1, -0.05) is 25.4 Å². The van der Waals surface area contributed by atoms with Crippen LogP contribution < -0.4 is 5.73 Å². The second-order valence-corrected chi connectivity index (χ2v) is 6.01. The highest BCUT2D eigenvalue weighted by atomic mass is 35.5. The summed E-state index contributed by atoms with van der Waals surface area (Å²) in [4.78, 5) is 0. The van der Waals surface area contributed by atoms with Gasteiger partial charge in [-0.3, -0.25) is 0 Å². The topological polar surface area (TPSA) is 26.0 Å². The van der Waals surface area contributed by atoms with Crippen LogP contribution in [0.2, 0.25) is 5.02 Å². The Labute approximate surface area is 109 Å². The third-order valence-corrected chi connectivity index (χ3v) is 4.26. The maximum Gasteiger partial charge on any atom is 0.416 e. The molecule has 1 atom stereocenters. The van der Waals surface area contributed by atoms with Gasteiger partial charge in [-0.05, 0) is 35.6 Å². The van der Waals surface area contributed by atoms with Gasteiger partial charge in [0.15, 0.2) is 0 Å². The van der Waals surface area contributed by atoms with Gasteiger partial charge < -0.3 is 5.73 Å². The quantitative estimate of drug-likeness (QED) is 0.869. The van der Waals surface area contributed by atoms with Crippen molar-refractivity contribution in [2.45, 2.75) is 31.9 Å². The molecule has 1 aromatic rings. The van der Waals surface area contributed by atoms with E-state index in [9.17, 15) is 13.2 Å². The minimum atomic E-state index is -4.38. The van der Waals surface area contributed by atoms with Crippen LogP contribution in [-0.2, 0) is 11.6 Å². The van der Waals surface area contributed by atoms with Crippen molar-refractivity contribution >= 4 is 11.6 Å². The third kappa shape index (κ3) is 2.01. The van der Waals surface area contributed by atoms with E-state index in [-0.39, 0.29) is 15.9 Å². The summed E-state index contributed by atoms with van der Waals surface area (Å²) >= 11 is 5.80. The summed E-state index contributed by atoms with van der Waals surface area (Å²) in [6, 6.07) is 3.72. The van der Waals surface area contributed by atoms with E-state index in [0.29, 0.717) is 12.1 Å². The molecular formula is C13H15ClF3N. The fourth-order valence-corrected chi connectivity index (χ4v) is 2.93. The molecule has 0 spiro atoms. The van der Waals surface area contributed by atoms with Crippen molar-refractivity contribution in [1.82, 2.24) is 0 Å². The Morgan fingerprint density at radius 1 is 1.28 bits per heavy atom. The minimum Gasteiger partial charge on any atom is -0.330 e. The molecule has 1 unspecified atom stereocenters. The molecule has 0 heterocycles. The van der Waals surface area contributed by atoms with Crippen LogP contribution in [-0.4, -0.2) is 6.54 Å². The summed E-state index contributed by atoms with van der Waals surface area (Å²) in [7, 11) is 0. The summed E-state index contributed by atoms with van der Waals surface area (Å²) in [5.41, 5.74) is 5.19. The molecule has 18 heavy (non-hydrogen) atoms. The molecule has 1 saturated carbocycles. The number of nitrogens with two attached hydrogens (primary N) is 1. The van der Waals surface area contributed by atoms with Gasteiger partial charge in [-0.25, -0.2) is 0 Å². The predicted molar refractivity (Wildman–Crippen MR) is 65.6 cm³/mol. The summed E-state index contributed by atoms with van der Waals surface area (Å²) < 4.78 is 38.3. The molecule has 0 saturated heterocycles. The molecule has 100 valence electrons. The highest BCUT2D eigenvalue weighted by molar-refractivity contribution is 6.30. The van der Waals surface area contributed by atoms with E-state index in [2.05, 4.69) is 0 Å². The number of hydrogen-bond donors (Lipinski definition) is 1. The van der Waals surface area contributed by atoms with E-state index in [1.807, 2.05) is 13.8 Å². The number of alkyl halides is 3. The Morgan fingerprint density at radius 3 is 2.22 bits per heavy atom. The van der Waals surface area contributed by atoms with Crippen LogP contribution in [0.3, 0.4) is 0 Å². The first kappa shape index (κ1) is 13.7. The van der Waals surface area contributed by atoms with E-state index >= 15 is 0 Å². The molecule has 0 aliphatic heterocycles. The molecule has 1 aliphatic rings. The van der Waals surface area contributed by atoms with Gasteiger partial charge >= 0.3 is 6.18 Å². The van der Waals surface area contributed by atoms with Gasteiger partial charge in [-0.15, -0.1) is 0 Å². The van der Waals surface area contributed by atoms with Crippen molar-refractivity contribution in [2.75, 3.05) is 6.54 Å². The van der Waals surface area contributed by atoms with Crippen LogP contribution in [0.4, 0.5) is 13.2 Å². The number of hydrogen-bond acceptors (Lipinski definition) is 1. The average molecular weight is 278 g/mol. The summed E-state index contributed by atoms with van der Waals surface area (Å²) in [5.74, 6) is 0. The van der Waals surface area contributed by atoms with Crippen molar-refractivity contribution in [3.05, 3.63) is 34.3 Å². The Kier molecular flexibility index (Phi) is 2.95. The van der Waals surface area contributed by atoms with Crippen LogP contribution in [0.5, 0.6) is 0 Å². The normalized spacial score (nSPS) is 26.2. The first-order valence-electron chi connectivity index (χ1n) is 5.71.